The molecule has 1 aromatic rings. The lowest BCUT2D eigenvalue weighted by molar-refractivity contribution is -0.558. The zero-order valence-corrected chi connectivity index (χ0v) is 14.1. The van der Waals surface area contributed by atoms with E-state index in [0.717, 1.165) is 9.13 Å². The topological polar surface area (TPSA) is 52.6 Å². The monoisotopic (exact) mass is 437 g/mol. The molecule has 0 spiro atoms. The second-order valence-corrected chi connectivity index (χ2v) is 7.93. The summed E-state index contributed by atoms with van der Waals surface area (Å²) in [6.07, 6.45) is 0. The van der Waals surface area contributed by atoms with Gasteiger partial charge in [0.25, 0.3) is 0 Å². The zero-order valence-electron chi connectivity index (χ0n) is 11.1. The van der Waals surface area contributed by atoms with Crippen molar-refractivity contribution < 1.29 is 51.7 Å². The number of ether oxygens (including phenoxy) is 1. The third-order valence-corrected chi connectivity index (χ3v) is 5.54. The van der Waals surface area contributed by atoms with Crippen LogP contribution in [0.5, 0.6) is 0 Å². The van der Waals surface area contributed by atoms with Crippen molar-refractivity contribution in [1.82, 2.24) is 0 Å². The lowest BCUT2D eigenvalue weighted by Gasteiger charge is -2.09. The number of aryl methyl sites for hydroxylation is 1. The molecular formula is C12H13F3IO4S+. The average Bonchev–Trinajstić information content (AvgIpc) is 2.36. The molecule has 0 atom stereocenters. The summed E-state index contributed by atoms with van der Waals surface area (Å²) in [5.74, 6) is -0.358. The Morgan fingerprint density at radius 2 is 1.86 bits per heavy atom. The Bertz CT molecular complexity index is 594. The number of alkyl halides is 3. The van der Waals surface area contributed by atoms with E-state index in [1.165, 1.54) is 11.2 Å². The summed E-state index contributed by atoms with van der Waals surface area (Å²) in [5.41, 5.74) is -4.40. The van der Waals surface area contributed by atoms with E-state index < -0.39 is 36.8 Å². The summed E-state index contributed by atoms with van der Waals surface area (Å²) < 4.78 is 69.8. The van der Waals surface area contributed by atoms with Gasteiger partial charge in [0.1, 0.15) is 6.61 Å². The van der Waals surface area contributed by atoms with Crippen LogP contribution in [0.2, 0.25) is 0 Å². The van der Waals surface area contributed by atoms with Gasteiger partial charge in [-0.3, -0.25) is 0 Å². The first kappa shape index (κ1) is 18.2. The van der Waals surface area contributed by atoms with Gasteiger partial charge in [0.05, 0.1) is 0 Å². The van der Waals surface area contributed by atoms with Crippen molar-refractivity contribution in [3.63, 3.8) is 0 Å². The number of methoxy groups -OCH3 is 1. The SMILES string of the molecule is COC/C(=C\[I+]c1ccc(C)cc1)OS(=O)(=O)C(F)(F)F. The highest BCUT2D eigenvalue weighted by Gasteiger charge is 2.49. The van der Waals surface area contributed by atoms with E-state index in [4.69, 9.17) is 0 Å². The minimum Gasteiger partial charge on any atom is -0.377 e. The van der Waals surface area contributed by atoms with Crippen LogP contribution in [0.15, 0.2) is 34.1 Å². The lowest BCUT2D eigenvalue weighted by Crippen LogP contribution is -3.59. The van der Waals surface area contributed by atoms with Crippen LogP contribution in [-0.2, 0) is 19.0 Å². The fourth-order valence-corrected chi connectivity index (χ4v) is 3.57. The summed E-state index contributed by atoms with van der Waals surface area (Å²) in [5, 5.41) is 0. The van der Waals surface area contributed by atoms with Crippen molar-refractivity contribution in [3.8, 4) is 0 Å². The zero-order chi connectivity index (χ0) is 16.1. The smallest absolute Gasteiger partial charge is 0.377 e. The molecule has 0 N–H and O–H groups in total. The summed E-state index contributed by atoms with van der Waals surface area (Å²) in [7, 11) is -4.42. The number of hydrogen-bond donors (Lipinski definition) is 0. The third-order valence-electron chi connectivity index (χ3n) is 2.10. The normalized spacial score (nSPS) is 13.3. The Hall–Kier alpha value is -0.810. The first-order valence-electron chi connectivity index (χ1n) is 5.54. The van der Waals surface area contributed by atoms with E-state index in [-0.39, 0.29) is 12.4 Å². The predicted molar refractivity (Wildman–Crippen MR) is 65.9 cm³/mol. The molecule has 1 aromatic carbocycles. The highest BCUT2D eigenvalue weighted by molar-refractivity contribution is 7.87. The molecule has 0 fully saturated rings. The van der Waals surface area contributed by atoms with Gasteiger partial charge in [0.15, 0.2) is 9.33 Å². The van der Waals surface area contributed by atoms with Crippen molar-refractivity contribution in [2.24, 2.45) is 0 Å². The van der Waals surface area contributed by atoms with Crippen LogP contribution in [0, 0.1) is 10.5 Å². The first-order chi connectivity index (χ1) is 9.65. The molecule has 0 radical (unpaired) electrons. The molecule has 0 amide bonds. The van der Waals surface area contributed by atoms with Gasteiger partial charge in [0.2, 0.25) is 4.08 Å². The fourth-order valence-electron chi connectivity index (χ4n) is 1.13. The second-order valence-electron chi connectivity index (χ2n) is 3.90. The number of rotatable bonds is 6. The van der Waals surface area contributed by atoms with Gasteiger partial charge in [-0.2, -0.15) is 21.6 Å². The van der Waals surface area contributed by atoms with Gasteiger partial charge < -0.3 is 8.92 Å². The van der Waals surface area contributed by atoms with E-state index in [0.29, 0.717) is 0 Å². The molecule has 0 aliphatic heterocycles. The van der Waals surface area contributed by atoms with Crippen LogP contribution in [-0.4, -0.2) is 27.6 Å². The quantitative estimate of drug-likeness (QED) is 0.264. The Morgan fingerprint density at radius 1 is 1.29 bits per heavy atom. The van der Waals surface area contributed by atoms with E-state index >= 15 is 0 Å². The van der Waals surface area contributed by atoms with Gasteiger partial charge in [-0.25, -0.2) is 0 Å². The van der Waals surface area contributed by atoms with E-state index in [1.807, 2.05) is 31.2 Å². The Morgan fingerprint density at radius 3 is 2.33 bits per heavy atom. The first-order valence-corrected chi connectivity index (χ1v) is 9.28. The molecule has 21 heavy (non-hydrogen) atoms. The predicted octanol–water partition coefficient (Wildman–Crippen LogP) is -0.392. The van der Waals surface area contributed by atoms with Gasteiger partial charge in [-0.1, -0.05) is 17.7 Å². The Labute approximate surface area is 131 Å². The standard InChI is InChI=1S/C12H13F3IO4S/c1-9-3-5-10(6-4-9)16-7-11(8-19-2)20-21(17,18)12(13,14)15/h3-7H,8H2,1-2H3/q+1/b11-7+. The molecular weight excluding hydrogens is 424 g/mol. The highest BCUT2D eigenvalue weighted by atomic mass is 127. The van der Waals surface area contributed by atoms with Crippen LogP contribution >= 0.6 is 0 Å². The van der Waals surface area contributed by atoms with Crippen LogP contribution in [0.25, 0.3) is 0 Å². The summed E-state index contributed by atoms with van der Waals surface area (Å²) in [6, 6.07) is 7.40. The van der Waals surface area contributed by atoms with Gasteiger partial charge in [0, 0.05) is 7.11 Å². The minimum absolute atomic E-state index is 0.346. The summed E-state index contributed by atoms with van der Waals surface area (Å²) >= 11 is -0.829. The van der Waals surface area contributed by atoms with E-state index in [9.17, 15) is 21.6 Å². The average molecular weight is 437 g/mol. The molecule has 4 nitrogen and oxygen atoms in total. The molecule has 118 valence electrons. The van der Waals surface area contributed by atoms with Gasteiger partial charge >= 0.3 is 36.8 Å². The number of halogens is 4. The molecule has 1 rings (SSSR count). The highest BCUT2D eigenvalue weighted by Crippen LogP contribution is 2.26. The fraction of sp³-hybridized carbons (Fsp3) is 0.333. The van der Waals surface area contributed by atoms with Crippen molar-refractivity contribution in [2.45, 2.75) is 12.4 Å². The van der Waals surface area contributed by atoms with Crippen LogP contribution in [0.1, 0.15) is 5.56 Å². The van der Waals surface area contributed by atoms with Crippen LogP contribution in [0.4, 0.5) is 13.2 Å². The maximum absolute atomic E-state index is 12.3. The molecule has 0 saturated heterocycles. The van der Waals surface area contributed by atoms with Crippen molar-refractivity contribution >= 4 is 10.1 Å². The molecule has 0 bridgehead atoms. The van der Waals surface area contributed by atoms with Crippen LogP contribution in [0.3, 0.4) is 0 Å². The number of hydrogen-bond acceptors (Lipinski definition) is 4. The van der Waals surface area contributed by atoms with Crippen molar-refractivity contribution in [1.29, 1.82) is 0 Å². The molecule has 0 saturated carbocycles. The molecule has 0 unspecified atom stereocenters. The Balaban J connectivity index is 2.86. The molecule has 9 heteroatoms. The molecule has 0 aromatic heterocycles. The minimum atomic E-state index is -5.66. The Kier molecular flexibility index (Phi) is 6.47. The summed E-state index contributed by atoms with van der Waals surface area (Å²) in [4.78, 5) is 0. The van der Waals surface area contributed by atoms with Gasteiger partial charge in [-0.05, 0) is 19.1 Å². The third kappa shape index (κ3) is 5.83. The lowest BCUT2D eigenvalue weighted by atomic mass is 10.2. The van der Waals surface area contributed by atoms with Gasteiger partial charge in [-0.15, -0.1) is 0 Å². The maximum Gasteiger partial charge on any atom is 0.534 e. The van der Waals surface area contributed by atoms with E-state index in [1.54, 1.807) is 0 Å². The maximum atomic E-state index is 12.3. The molecule has 0 heterocycles. The molecule has 0 aliphatic rings. The van der Waals surface area contributed by atoms with Crippen molar-refractivity contribution in [2.75, 3.05) is 13.7 Å². The largest absolute Gasteiger partial charge is 0.534 e. The van der Waals surface area contributed by atoms with Crippen LogP contribution < -0.4 is 21.2 Å². The van der Waals surface area contributed by atoms with Crippen molar-refractivity contribution in [3.05, 3.63) is 43.2 Å². The summed E-state index contributed by atoms with van der Waals surface area (Å²) in [6.45, 7) is 1.56. The number of benzene rings is 1. The second kappa shape index (κ2) is 7.45. The molecule has 0 aliphatic carbocycles. The van der Waals surface area contributed by atoms with E-state index in [2.05, 4.69) is 8.92 Å².